The molecule has 0 radical (unpaired) electrons. The molecule has 1 aromatic rings. The minimum atomic E-state index is -0.681. The molecule has 0 spiro atoms. The van der Waals surface area contributed by atoms with E-state index in [9.17, 15) is 0 Å². The van der Waals surface area contributed by atoms with Crippen molar-refractivity contribution in [2.24, 2.45) is 0 Å². The van der Waals surface area contributed by atoms with Gasteiger partial charge in [-0.3, -0.25) is 0 Å². The molecule has 0 bridgehead atoms. The van der Waals surface area contributed by atoms with E-state index in [0.29, 0.717) is 0 Å². The lowest BCUT2D eigenvalue weighted by molar-refractivity contribution is 1.35. The highest BCUT2D eigenvalue weighted by atomic mass is 32.3. The summed E-state index contributed by atoms with van der Waals surface area (Å²) in [5.41, 5.74) is 8.12. The van der Waals surface area contributed by atoms with Crippen LogP contribution in [0.15, 0.2) is 23.1 Å². The smallest absolute Gasteiger partial charge is 0.0437 e. The second kappa shape index (κ2) is 3.02. The van der Waals surface area contributed by atoms with Crippen LogP contribution < -0.4 is 5.73 Å². The number of nitrogens with two attached hydrogens (primary N) is 1. The maximum atomic E-state index is 5.90. The summed E-state index contributed by atoms with van der Waals surface area (Å²) in [5.74, 6) is 0. The minimum absolute atomic E-state index is 0.681. The predicted molar refractivity (Wildman–Crippen MR) is 59.2 cm³/mol. The van der Waals surface area contributed by atoms with Crippen LogP contribution in [0.1, 0.15) is 5.56 Å². The standard InChI is InChI=1S/C10H17NS/c1-8-5-6-9(11)10(7-8)12(2,3)4/h5-7H,11H2,1-4H3. The molecule has 2 heteroatoms. The topological polar surface area (TPSA) is 26.0 Å². The van der Waals surface area contributed by atoms with Gasteiger partial charge in [-0.15, -0.1) is 0 Å². The Hall–Kier alpha value is -0.630. The molecule has 0 saturated carbocycles. The largest absolute Gasteiger partial charge is 0.398 e. The van der Waals surface area contributed by atoms with Crippen LogP contribution in [0.3, 0.4) is 0 Å². The van der Waals surface area contributed by atoms with Crippen molar-refractivity contribution in [2.75, 3.05) is 24.5 Å². The number of nitrogen functional groups attached to an aromatic ring is 1. The lowest BCUT2D eigenvalue weighted by atomic mass is 10.2. The molecule has 68 valence electrons. The van der Waals surface area contributed by atoms with Crippen molar-refractivity contribution in [3.8, 4) is 0 Å². The molecule has 0 aromatic heterocycles. The monoisotopic (exact) mass is 183 g/mol. The van der Waals surface area contributed by atoms with Gasteiger partial charge in [0.15, 0.2) is 0 Å². The fourth-order valence-corrected chi connectivity index (χ4v) is 2.49. The minimum Gasteiger partial charge on any atom is -0.398 e. The molecule has 0 amide bonds. The van der Waals surface area contributed by atoms with E-state index < -0.39 is 10.0 Å². The van der Waals surface area contributed by atoms with Crippen molar-refractivity contribution in [1.29, 1.82) is 0 Å². The number of hydrogen-bond donors (Lipinski definition) is 1. The van der Waals surface area contributed by atoms with Crippen molar-refractivity contribution < 1.29 is 0 Å². The van der Waals surface area contributed by atoms with Gasteiger partial charge in [0.1, 0.15) is 0 Å². The summed E-state index contributed by atoms with van der Waals surface area (Å²) in [6.07, 6.45) is 6.79. The van der Waals surface area contributed by atoms with E-state index in [1.807, 2.05) is 6.07 Å². The van der Waals surface area contributed by atoms with Crippen molar-refractivity contribution in [3.63, 3.8) is 0 Å². The highest BCUT2D eigenvalue weighted by Gasteiger charge is 2.10. The van der Waals surface area contributed by atoms with Crippen LogP contribution in [-0.2, 0) is 0 Å². The first kappa shape index (κ1) is 9.46. The summed E-state index contributed by atoms with van der Waals surface area (Å²) in [5, 5.41) is 0. The summed E-state index contributed by atoms with van der Waals surface area (Å²) in [7, 11) is -0.681. The van der Waals surface area contributed by atoms with E-state index in [1.165, 1.54) is 10.5 Å². The molecule has 0 unspecified atom stereocenters. The number of benzene rings is 1. The zero-order valence-corrected chi connectivity index (χ0v) is 9.03. The van der Waals surface area contributed by atoms with Crippen LogP contribution >= 0.6 is 10.0 Å². The van der Waals surface area contributed by atoms with E-state index in [4.69, 9.17) is 5.73 Å². The first-order chi connectivity index (χ1) is 5.41. The quantitative estimate of drug-likeness (QED) is 0.665. The lowest BCUT2D eigenvalue weighted by Gasteiger charge is -2.27. The molecule has 0 atom stereocenters. The van der Waals surface area contributed by atoms with Gasteiger partial charge in [-0.1, -0.05) is 6.07 Å². The number of hydrogen-bond acceptors (Lipinski definition) is 1. The van der Waals surface area contributed by atoms with Gasteiger partial charge in [0.2, 0.25) is 0 Å². The zero-order chi connectivity index (χ0) is 9.35. The Labute approximate surface area is 76.3 Å². The average molecular weight is 183 g/mol. The fourth-order valence-electron chi connectivity index (χ4n) is 1.17. The Morgan fingerprint density at radius 3 is 2.17 bits per heavy atom. The van der Waals surface area contributed by atoms with E-state index in [-0.39, 0.29) is 0 Å². The zero-order valence-electron chi connectivity index (χ0n) is 8.22. The molecule has 0 aliphatic heterocycles. The highest BCUT2D eigenvalue weighted by Crippen LogP contribution is 2.48. The van der Waals surface area contributed by atoms with Crippen molar-refractivity contribution in [2.45, 2.75) is 11.8 Å². The third-order valence-corrected chi connectivity index (χ3v) is 3.50. The van der Waals surface area contributed by atoms with Crippen LogP contribution in [0, 0.1) is 6.92 Å². The molecule has 0 saturated heterocycles. The highest BCUT2D eigenvalue weighted by molar-refractivity contribution is 8.32. The van der Waals surface area contributed by atoms with Crippen LogP contribution in [0.4, 0.5) is 5.69 Å². The van der Waals surface area contributed by atoms with Gasteiger partial charge in [0.05, 0.1) is 0 Å². The molecular formula is C10H17NS. The van der Waals surface area contributed by atoms with Crippen LogP contribution in [0.25, 0.3) is 0 Å². The van der Waals surface area contributed by atoms with Gasteiger partial charge in [0, 0.05) is 10.6 Å². The van der Waals surface area contributed by atoms with E-state index in [1.54, 1.807) is 0 Å². The fraction of sp³-hybridized carbons (Fsp3) is 0.400. The number of rotatable bonds is 1. The summed E-state index contributed by atoms with van der Waals surface area (Å²) in [6, 6.07) is 6.26. The van der Waals surface area contributed by atoms with Crippen molar-refractivity contribution >= 4 is 15.7 Å². The van der Waals surface area contributed by atoms with Gasteiger partial charge in [0.25, 0.3) is 0 Å². The summed E-state index contributed by atoms with van der Waals surface area (Å²) < 4.78 is 0. The third kappa shape index (κ3) is 1.95. The Kier molecular flexibility index (Phi) is 2.38. The van der Waals surface area contributed by atoms with Crippen molar-refractivity contribution in [1.82, 2.24) is 0 Å². The number of aryl methyl sites for hydroxylation is 1. The van der Waals surface area contributed by atoms with Crippen molar-refractivity contribution in [3.05, 3.63) is 23.8 Å². The van der Waals surface area contributed by atoms with Gasteiger partial charge < -0.3 is 5.73 Å². The van der Waals surface area contributed by atoms with Gasteiger partial charge in [-0.05, 0) is 43.4 Å². The Morgan fingerprint density at radius 2 is 1.75 bits per heavy atom. The number of anilines is 1. The molecule has 0 heterocycles. The Morgan fingerprint density at radius 1 is 1.17 bits per heavy atom. The van der Waals surface area contributed by atoms with E-state index >= 15 is 0 Å². The molecule has 2 N–H and O–H groups in total. The van der Waals surface area contributed by atoms with Crippen LogP contribution in [0.5, 0.6) is 0 Å². The lowest BCUT2D eigenvalue weighted by Crippen LogP contribution is -1.99. The SMILES string of the molecule is Cc1ccc(N)c(S(C)(C)C)c1. The first-order valence-electron chi connectivity index (χ1n) is 3.96. The molecule has 12 heavy (non-hydrogen) atoms. The van der Waals surface area contributed by atoms with Gasteiger partial charge in [-0.25, -0.2) is 10.0 Å². The second-order valence-electron chi connectivity index (χ2n) is 3.88. The average Bonchev–Trinajstić information content (AvgIpc) is 1.92. The molecule has 1 aromatic carbocycles. The third-order valence-electron chi connectivity index (χ3n) is 1.83. The van der Waals surface area contributed by atoms with Gasteiger partial charge in [-0.2, -0.15) is 0 Å². The first-order valence-corrected chi connectivity index (χ1v) is 6.81. The molecule has 0 aliphatic rings. The van der Waals surface area contributed by atoms with E-state index in [2.05, 4.69) is 37.8 Å². The predicted octanol–water partition coefficient (Wildman–Crippen LogP) is 2.63. The van der Waals surface area contributed by atoms with Crippen LogP contribution in [-0.4, -0.2) is 18.8 Å². The summed E-state index contributed by atoms with van der Waals surface area (Å²) >= 11 is 0. The second-order valence-corrected chi connectivity index (χ2v) is 7.99. The normalized spacial score (nSPS) is 13.0. The molecule has 0 aliphatic carbocycles. The Bertz CT molecular complexity index is 286. The molecule has 0 fully saturated rings. The molecule has 1 nitrogen and oxygen atoms in total. The molecule has 1 rings (SSSR count). The Balaban J connectivity index is 3.23. The van der Waals surface area contributed by atoms with Gasteiger partial charge >= 0.3 is 0 Å². The summed E-state index contributed by atoms with van der Waals surface area (Å²) in [6.45, 7) is 2.11. The maximum Gasteiger partial charge on any atom is 0.0437 e. The summed E-state index contributed by atoms with van der Waals surface area (Å²) in [4.78, 5) is 1.32. The van der Waals surface area contributed by atoms with E-state index in [0.717, 1.165) is 5.69 Å². The molecular weight excluding hydrogens is 166 g/mol. The van der Waals surface area contributed by atoms with Crippen LogP contribution in [0.2, 0.25) is 0 Å². The maximum absolute atomic E-state index is 5.90.